The molecule has 366 valence electrons. The maximum absolute atomic E-state index is 12.8. The molecule has 0 rings (SSSR count). The van der Waals surface area contributed by atoms with E-state index in [2.05, 4.69) is 51.2 Å². The highest BCUT2D eigenvalue weighted by Gasteiger charge is 2.19. The molecule has 6 nitrogen and oxygen atoms in total. The van der Waals surface area contributed by atoms with Gasteiger partial charge in [0.05, 0.1) is 0 Å². The van der Waals surface area contributed by atoms with Gasteiger partial charge in [0.25, 0.3) is 0 Å². The topological polar surface area (TPSA) is 78.9 Å². The molecular formula is C58H98O6. The maximum Gasteiger partial charge on any atom is 0.306 e. The Morgan fingerprint density at radius 3 is 1.05 bits per heavy atom. The summed E-state index contributed by atoms with van der Waals surface area (Å²) in [5, 5.41) is 0. The minimum Gasteiger partial charge on any atom is -0.462 e. The molecule has 1 unspecified atom stereocenters. The molecule has 0 spiro atoms. The number of ether oxygens (including phenoxy) is 3. The zero-order valence-corrected chi connectivity index (χ0v) is 41.8. The fourth-order valence-corrected chi connectivity index (χ4v) is 7.23. The Hall–Kier alpha value is -3.41. The van der Waals surface area contributed by atoms with E-state index < -0.39 is 6.10 Å². The van der Waals surface area contributed by atoms with Gasteiger partial charge in [-0.3, -0.25) is 14.4 Å². The molecule has 0 heterocycles. The van der Waals surface area contributed by atoms with Crippen LogP contribution < -0.4 is 0 Å². The fourth-order valence-electron chi connectivity index (χ4n) is 7.23. The second kappa shape index (κ2) is 52.2. The Morgan fingerprint density at radius 2 is 0.641 bits per heavy atom. The number of carbonyl (C=O) groups is 3. The molecule has 0 aromatic rings. The summed E-state index contributed by atoms with van der Waals surface area (Å²) < 4.78 is 16.7. The number of hydrogen-bond donors (Lipinski definition) is 0. The molecular weight excluding hydrogens is 793 g/mol. The van der Waals surface area contributed by atoms with Gasteiger partial charge in [0, 0.05) is 19.3 Å². The summed E-state index contributed by atoms with van der Waals surface area (Å²) in [7, 11) is 0. The zero-order chi connectivity index (χ0) is 46.5. The molecule has 0 aliphatic carbocycles. The van der Waals surface area contributed by atoms with E-state index in [1.165, 1.54) is 135 Å². The van der Waals surface area contributed by atoms with Crippen LogP contribution in [0, 0.1) is 0 Å². The number of esters is 3. The smallest absolute Gasteiger partial charge is 0.306 e. The molecule has 0 saturated carbocycles. The van der Waals surface area contributed by atoms with Crippen LogP contribution in [0.1, 0.15) is 245 Å². The first-order valence-corrected chi connectivity index (χ1v) is 26.7. The van der Waals surface area contributed by atoms with Gasteiger partial charge in [0.1, 0.15) is 13.2 Å². The van der Waals surface area contributed by atoms with Gasteiger partial charge in [-0.15, -0.1) is 0 Å². The van der Waals surface area contributed by atoms with Crippen LogP contribution in [0.3, 0.4) is 0 Å². The van der Waals surface area contributed by atoms with E-state index in [-0.39, 0.29) is 37.5 Å². The summed E-state index contributed by atoms with van der Waals surface area (Å²) in [4.78, 5) is 38.0. The van der Waals surface area contributed by atoms with Crippen molar-refractivity contribution in [2.45, 2.75) is 252 Å². The van der Waals surface area contributed by atoms with E-state index in [1.807, 2.05) is 54.7 Å². The molecule has 0 aromatic carbocycles. The van der Waals surface area contributed by atoms with E-state index in [4.69, 9.17) is 14.2 Å². The Labute approximate surface area is 395 Å². The lowest BCUT2D eigenvalue weighted by molar-refractivity contribution is -0.167. The lowest BCUT2D eigenvalue weighted by Crippen LogP contribution is -2.30. The molecule has 0 N–H and O–H groups in total. The molecule has 0 radical (unpaired) electrons. The first kappa shape index (κ1) is 60.6. The van der Waals surface area contributed by atoms with Crippen molar-refractivity contribution < 1.29 is 28.6 Å². The van der Waals surface area contributed by atoms with Gasteiger partial charge in [-0.1, -0.05) is 228 Å². The monoisotopic (exact) mass is 891 g/mol. The molecule has 0 aliphatic heterocycles. The molecule has 0 amide bonds. The summed E-state index contributed by atoms with van der Waals surface area (Å²) in [6, 6.07) is 0. The van der Waals surface area contributed by atoms with Crippen molar-refractivity contribution >= 4 is 17.9 Å². The molecule has 0 saturated heterocycles. The summed E-state index contributed by atoms with van der Waals surface area (Å²) in [5.41, 5.74) is 0. The first-order chi connectivity index (χ1) is 31.5. The quantitative estimate of drug-likeness (QED) is 0.0199. The van der Waals surface area contributed by atoms with Crippen LogP contribution in [0.15, 0.2) is 85.1 Å². The van der Waals surface area contributed by atoms with Crippen LogP contribution in [-0.2, 0) is 28.6 Å². The van der Waals surface area contributed by atoms with Gasteiger partial charge in [0.2, 0.25) is 0 Å². The van der Waals surface area contributed by atoms with Crippen molar-refractivity contribution in [1.29, 1.82) is 0 Å². The van der Waals surface area contributed by atoms with E-state index in [9.17, 15) is 14.4 Å². The lowest BCUT2D eigenvalue weighted by Gasteiger charge is -2.18. The van der Waals surface area contributed by atoms with Crippen LogP contribution in [-0.4, -0.2) is 37.2 Å². The fraction of sp³-hybridized carbons (Fsp3) is 0.707. The van der Waals surface area contributed by atoms with Crippen molar-refractivity contribution in [2.75, 3.05) is 13.2 Å². The third-order valence-electron chi connectivity index (χ3n) is 11.2. The molecule has 0 fully saturated rings. The second-order valence-electron chi connectivity index (χ2n) is 17.5. The SMILES string of the molecule is CC\C=C/C=C\C=C/C=C\C=C/CCCC(=O)OCC(COC(=O)CCCCCCCCC/C=C\CCCCCCCC)OC(=O)CCCCCCC/C=C\CCCCCCCCC. The first-order valence-electron chi connectivity index (χ1n) is 26.7. The molecule has 6 heteroatoms. The van der Waals surface area contributed by atoms with Gasteiger partial charge in [-0.05, 0) is 83.5 Å². The van der Waals surface area contributed by atoms with Crippen LogP contribution >= 0.6 is 0 Å². The van der Waals surface area contributed by atoms with Crippen LogP contribution in [0.25, 0.3) is 0 Å². The largest absolute Gasteiger partial charge is 0.462 e. The van der Waals surface area contributed by atoms with Crippen molar-refractivity contribution in [3.05, 3.63) is 85.1 Å². The lowest BCUT2D eigenvalue weighted by atomic mass is 10.1. The van der Waals surface area contributed by atoms with E-state index in [0.29, 0.717) is 19.3 Å². The summed E-state index contributed by atoms with van der Waals surface area (Å²) in [6.45, 7) is 6.42. The van der Waals surface area contributed by atoms with E-state index in [0.717, 1.165) is 64.2 Å². The normalized spacial score (nSPS) is 12.7. The van der Waals surface area contributed by atoms with Gasteiger partial charge in [0.15, 0.2) is 6.10 Å². The molecule has 0 bridgehead atoms. The molecule has 64 heavy (non-hydrogen) atoms. The van der Waals surface area contributed by atoms with Crippen LogP contribution in [0.2, 0.25) is 0 Å². The van der Waals surface area contributed by atoms with Gasteiger partial charge < -0.3 is 14.2 Å². The third kappa shape index (κ3) is 49.6. The minimum absolute atomic E-state index is 0.105. The summed E-state index contributed by atoms with van der Waals surface area (Å²) >= 11 is 0. The van der Waals surface area contributed by atoms with Gasteiger partial charge in [-0.25, -0.2) is 0 Å². The highest BCUT2D eigenvalue weighted by Crippen LogP contribution is 2.14. The second-order valence-corrected chi connectivity index (χ2v) is 17.5. The standard InChI is InChI=1S/C58H98O6/c1-4-7-10-13-16-19-22-25-27-29-31-33-36-39-42-45-48-51-57(60)63-54-55(53-62-56(59)50-47-44-41-38-35-32-24-21-18-15-12-9-6-3)64-58(61)52-49-46-43-40-37-34-30-28-26-23-20-17-14-11-8-5-2/h9,12,15,18,21,24-25,27-28,30,32,35,38,41,55H,4-8,10-11,13-14,16-17,19-20,22-23,26,29,31,33-34,36-37,39-40,42-54H2,1-3H3/b12-9-,18-15-,24-21-,27-25-,30-28-,35-32-,41-38-. The summed E-state index contributed by atoms with van der Waals surface area (Å²) in [5.74, 6) is -0.993. The minimum atomic E-state index is -0.811. The number of carbonyl (C=O) groups excluding carboxylic acids is 3. The van der Waals surface area contributed by atoms with Crippen molar-refractivity contribution in [3.63, 3.8) is 0 Å². The van der Waals surface area contributed by atoms with Crippen LogP contribution in [0.4, 0.5) is 0 Å². The predicted molar refractivity (Wildman–Crippen MR) is 274 cm³/mol. The van der Waals surface area contributed by atoms with Crippen molar-refractivity contribution in [2.24, 2.45) is 0 Å². The molecule has 0 aromatic heterocycles. The average Bonchev–Trinajstić information content (AvgIpc) is 3.29. The van der Waals surface area contributed by atoms with Crippen molar-refractivity contribution in [1.82, 2.24) is 0 Å². The highest BCUT2D eigenvalue weighted by molar-refractivity contribution is 5.71. The Balaban J connectivity index is 4.47. The maximum atomic E-state index is 12.8. The zero-order valence-electron chi connectivity index (χ0n) is 41.8. The number of allylic oxidation sites excluding steroid dienone is 14. The van der Waals surface area contributed by atoms with Crippen LogP contribution in [0.5, 0.6) is 0 Å². The van der Waals surface area contributed by atoms with Gasteiger partial charge in [-0.2, -0.15) is 0 Å². The van der Waals surface area contributed by atoms with E-state index >= 15 is 0 Å². The van der Waals surface area contributed by atoms with Gasteiger partial charge >= 0.3 is 17.9 Å². The van der Waals surface area contributed by atoms with Crippen molar-refractivity contribution in [3.8, 4) is 0 Å². The Morgan fingerprint density at radius 1 is 0.328 bits per heavy atom. The Bertz CT molecular complexity index is 1250. The summed E-state index contributed by atoms with van der Waals surface area (Å²) in [6.07, 6.45) is 67.2. The number of hydrogen-bond acceptors (Lipinski definition) is 6. The number of unbranched alkanes of at least 4 members (excludes halogenated alkanes) is 26. The predicted octanol–water partition coefficient (Wildman–Crippen LogP) is 17.6. The molecule has 1 atom stereocenters. The highest BCUT2D eigenvalue weighted by atomic mass is 16.6. The third-order valence-corrected chi connectivity index (χ3v) is 11.2. The molecule has 0 aliphatic rings. The van der Waals surface area contributed by atoms with E-state index in [1.54, 1.807) is 0 Å². The number of rotatable bonds is 47. The average molecular weight is 891 g/mol. The Kier molecular flexibility index (Phi) is 49.4.